The Morgan fingerprint density at radius 1 is 1.27 bits per heavy atom. The highest BCUT2D eigenvalue weighted by Gasteiger charge is 2.31. The molecule has 2 N–H and O–H groups in total. The van der Waals surface area contributed by atoms with Crippen LogP contribution >= 0.6 is 0 Å². The van der Waals surface area contributed by atoms with Crippen molar-refractivity contribution >= 4 is 0 Å². The smallest absolute Gasteiger partial charge is 0.0249 e. The molecule has 1 rings (SSSR count). The van der Waals surface area contributed by atoms with Crippen molar-refractivity contribution in [3.8, 4) is 0 Å². The third kappa shape index (κ3) is 2.94. The molecule has 0 bridgehead atoms. The van der Waals surface area contributed by atoms with Gasteiger partial charge in [-0.15, -0.1) is 0 Å². The first-order valence-electron chi connectivity index (χ1n) is 6.74. The molecule has 0 aromatic heterocycles. The molecule has 2 nitrogen and oxygen atoms in total. The van der Waals surface area contributed by atoms with Crippen molar-refractivity contribution in [1.29, 1.82) is 0 Å². The predicted octanol–water partition coefficient (Wildman–Crippen LogP) is 2.62. The summed E-state index contributed by atoms with van der Waals surface area (Å²) >= 11 is 0. The zero-order chi connectivity index (χ0) is 11.3. The Bertz CT molecular complexity index is 166. The average Bonchev–Trinajstić information content (AvgIpc) is 2.73. The maximum absolute atomic E-state index is 5.98. The van der Waals surface area contributed by atoms with E-state index in [1.54, 1.807) is 0 Å². The molecule has 2 atom stereocenters. The van der Waals surface area contributed by atoms with Crippen molar-refractivity contribution in [2.75, 3.05) is 13.1 Å². The van der Waals surface area contributed by atoms with Gasteiger partial charge in [0.15, 0.2) is 0 Å². The van der Waals surface area contributed by atoms with Crippen molar-refractivity contribution in [1.82, 2.24) is 4.90 Å². The van der Waals surface area contributed by atoms with Gasteiger partial charge in [0.1, 0.15) is 0 Å². The summed E-state index contributed by atoms with van der Waals surface area (Å²) in [5, 5.41) is 0. The van der Waals surface area contributed by atoms with E-state index in [0.29, 0.717) is 6.04 Å². The quantitative estimate of drug-likeness (QED) is 0.733. The van der Waals surface area contributed by atoms with E-state index in [1.807, 2.05) is 0 Å². The van der Waals surface area contributed by atoms with E-state index < -0.39 is 0 Å². The molecule has 15 heavy (non-hydrogen) atoms. The highest BCUT2D eigenvalue weighted by Crippen LogP contribution is 2.27. The minimum absolute atomic E-state index is 0.632. The number of likely N-dealkylation sites (tertiary alicyclic amines) is 1. The third-order valence-corrected chi connectivity index (χ3v) is 4.15. The van der Waals surface area contributed by atoms with Crippen LogP contribution < -0.4 is 5.73 Å². The number of nitrogens with two attached hydrogens (primary N) is 1. The highest BCUT2D eigenvalue weighted by molar-refractivity contribution is 4.87. The largest absolute Gasteiger partial charge is 0.329 e. The van der Waals surface area contributed by atoms with Crippen LogP contribution in [0.3, 0.4) is 0 Å². The molecule has 90 valence electrons. The number of hydrogen-bond donors (Lipinski definition) is 1. The molecular weight excluding hydrogens is 184 g/mol. The molecule has 0 aromatic rings. The second-order valence-electron chi connectivity index (χ2n) is 4.82. The molecule has 1 saturated heterocycles. The normalized spacial score (nSPS) is 25.0. The van der Waals surface area contributed by atoms with Gasteiger partial charge >= 0.3 is 0 Å². The molecule has 1 aliphatic heterocycles. The molecule has 0 saturated carbocycles. The molecule has 0 radical (unpaired) electrons. The Kier molecular flexibility index (Phi) is 5.62. The minimum Gasteiger partial charge on any atom is -0.329 e. The SMILES string of the molecule is CCC(CC)C(CN)N1CCCC1CC. The van der Waals surface area contributed by atoms with Gasteiger partial charge in [-0.25, -0.2) is 0 Å². The summed E-state index contributed by atoms with van der Waals surface area (Å²) in [6, 6.07) is 1.44. The lowest BCUT2D eigenvalue weighted by Gasteiger charge is -2.36. The summed E-state index contributed by atoms with van der Waals surface area (Å²) in [4.78, 5) is 2.69. The summed E-state index contributed by atoms with van der Waals surface area (Å²) in [7, 11) is 0. The van der Waals surface area contributed by atoms with Crippen molar-refractivity contribution in [3.63, 3.8) is 0 Å². The van der Waals surface area contributed by atoms with Gasteiger partial charge < -0.3 is 5.73 Å². The van der Waals surface area contributed by atoms with Gasteiger partial charge in [-0.3, -0.25) is 4.90 Å². The van der Waals surface area contributed by atoms with Gasteiger partial charge in [-0.1, -0.05) is 33.6 Å². The maximum Gasteiger partial charge on any atom is 0.0249 e. The van der Waals surface area contributed by atoms with Gasteiger partial charge in [-0.05, 0) is 31.7 Å². The van der Waals surface area contributed by atoms with Crippen molar-refractivity contribution in [3.05, 3.63) is 0 Å². The first-order valence-corrected chi connectivity index (χ1v) is 6.74. The van der Waals surface area contributed by atoms with Crippen LogP contribution in [0.4, 0.5) is 0 Å². The van der Waals surface area contributed by atoms with E-state index in [4.69, 9.17) is 5.73 Å². The molecule has 0 aromatic carbocycles. The minimum atomic E-state index is 0.632. The summed E-state index contributed by atoms with van der Waals surface area (Å²) in [6.07, 6.45) is 6.58. The molecule has 1 aliphatic rings. The zero-order valence-corrected chi connectivity index (χ0v) is 10.7. The van der Waals surface area contributed by atoms with E-state index >= 15 is 0 Å². The second-order valence-corrected chi connectivity index (χ2v) is 4.82. The van der Waals surface area contributed by atoms with Crippen molar-refractivity contribution in [2.45, 2.75) is 65.0 Å². The van der Waals surface area contributed by atoms with Crippen molar-refractivity contribution in [2.24, 2.45) is 11.7 Å². The van der Waals surface area contributed by atoms with Crippen LogP contribution in [0.25, 0.3) is 0 Å². The van der Waals surface area contributed by atoms with Crippen molar-refractivity contribution < 1.29 is 0 Å². The summed E-state index contributed by atoms with van der Waals surface area (Å²) < 4.78 is 0. The van der Waals surface area contributed by atoms with Gasteiger partial charge in [0, 0.05) is 18.6 Å². The van der Waals surface area contributed by atoms with E-state index in [2.05, 4.69) is 25.7 Å². The molecule has 2 heteroatoms. The summed E-state index contributed by atoms with van der Waals surface area (Å²) in [6.45, 7) is 9.02. The van der Waals surface area contributed by atoms with Crippen LogP contribution in [0.1, 0.15) is 52.9 Å². The van der Waals surface area contributed by atoms with Gasteiger partial charge in [-0.2, -0.15) is 0 Å². The summed E-state index contributed by atoms with van der Waals surface area (Å²) in [5.74, 6) is 0.794. The highest BCUT2D eigenvalue weighted by atomic mass is 15.2. The molecule has 0 amide bonds. The van der Waals surface area contributed by atoms with Crippen LogP contribution in [0, 0.1) is 5.92 Å². The van der Waals surface area contributed by atoms with Gasteiger partial charge in [0.25, 0.3) is 0 Å². The van der Waals surface area contributed by atoms with Gasteiger partial charge in [0.2, 0.25) is 0 Å². The fourth-order valence-electron chi connectivity index (χ4n) is 3.16. The van der Waals surface area contributed by atoms with Crippen LogP contribution in [0.2, 0.25) is 0 Å². The first-order chi connectivity index (χ1) is 7.28. The summed E-state index contributed by atoms with van der Waals surface area (Å²) in [5.41, 5.74) is 5.98. The lowest BCUT2D eigenvalue weighted by molar-refractivity contribution is 0.124. The standard InChI is InChI=1S/C13H28N2/c1-4-11(5-2)13(10-14)15-9-7-8-12(15)6-3/h11-13H,4-10,14H2,1-3H3. The van der Waals surface area contributed by atoms with Crippen LogP contribution in [-0.2, 0) is 0 Å². The number of rotatable bonds is 6. The Morgan fingerprint density at radius 3 is 2.40 bits per heavy atom. The molecule has 1 fully saturated rings. The Balaban J connectivity index is 2.63. The Morgan fingerprint density at radius 2 is 1.93 bits per heavy atom. The van der Waals surface area contributed by atoms with Crippen LogP contribution in [0.5, 0.6) is 0 Å². The topological polar surface area (TPSA) is 29.3 Å². The molecule has 0 aliphatic carbocycles. The van der Waals surface area contributed by atoms with E-state index in [9.17, 15) is 0 Å². The predicted molar refractivity (Wildman–Crippen MR) is 66.9 cm³/mol. The number of nitrogens with zero attached hydrogens (tertiary/aromatic N) is 1. The fraction of sp³-hybridized carbons (Fsp3) is 1.00. The van der Waals surface area contributed by atoms with Crippen LogP contribution in [0.15, 0.2) is 0 Å². The first kappa shape index (κ1) is 13.0. The lowest BCUT2D eigenvalue weighted by Crippen LogP contribution is -2.47. The van der Waals surface area contributed by atoms with E-state index in [1.165, 1.54) is 38.6 Å². The van der Waals surface area contributed by atoms with E-state index in [0.717, 1.165) is 18.5 Å². The molecule has 2 unspecified atom stereocenters. The molecular formula is C13H28N2. The zero-order valence-electron chi connectivity index (χ0n) is 10.7. The average molecular weight is 212 g/mol. The lowest BCUT2D eigenvalue weighted by atomic mass is 9.92. The Hall–Kier alpha value is -0.0800. The second kappa shape index (κ2) is 6.49. The van der Waals surface area contributed by atoms with Crippen LogP contribution in [-0.4, -0.2) is 30.1 Å². The molecule has 0 spiro atoms. The Labute approximate surface area is 95.2 Å². The maximum atomic E-state index is 5.98. The van der Waals surface area contributed by atoms with E-state index in [-0.39, 0.29) is 0 Å². The third-order valence-electron chi connectivity index (χ3n) is 4.15. The monoisotopic (exact) mass is 212 g/mol. The number of hydrogen-bond acceptors (Lipinski definition) is 2. The fourth-order valence-corrected chi connectivity index (χ4v) is 3.16. The van der Waals surface area contributed by atoms with Gasteiger partial charge in [0.05, 0.1) is 0 Å². The molecule has 1 heterocycles.